The second kappa shape index (κ2) is 10.3. The van der Waals surface area contributed by atoms with E-state index in [0.717, 1.165) is 6.26 Å². The molecular formula is C20H23ClN2O6S. The molecule has 0 bridgehead atoms. The van der Waals surface area contributed by atoms with E-state index in [1.54, 1.807) is 24.3 Å². The molecule has 1 N–H and O–H groups in total. The fourth-order valence-corrected chi connectivity index (χ4v) is 3.90. The zero-order valence-electron chi connectivity index (χ0n) is 16.8. The first-order chi connectivity index (χ1) is 14.2. The van der Waals surface area contributed by atoms with E-state index >= 15 is 0 Å². The average Bonchev–Trinajstić information content (AvgIpc) is 2.71. The van der Waals surface area contributed by atoms with Crippen LogP contribution in [-0.4, -0.2) is 47.3 Å². The van der Waals surface area contributed by atoms with Gasteiger partial charge in [0, 0.05) is 13.0 Å². The van der Waals surface area contributed by atoms with Gasteiger partial charge in [0.25, 0.3) is 0 Å². The van der Waals surface area contributed by atoms with Gasteiger partial charge in [-0.05, 0) is 36.8 Å². The number of ether oxygens (including phenoxy) is 2. The van der Waals surface area contributed by atoms with Crippen LogP contribution in [0.2, 0.25) is 5.02 Å². The number of nitrogens with one attached hydrogen (secondary N) is 1. The molecule has 2 aromatic carbocycles. The normalized spacial score (nSPS) is 10.9. The molecule has 2 rings (SSSR count). The van der Waals surface area contributed by atoms with Crippen LogP contribution >= 0.6 is 11.6 Å². The van der Waals surface area contributed by atoms with Gasteiger partial charge in [0.2, 0.25) is 15.9 Å². The molecule has 10 heteroatoms. The first kappa shape index (κ1) is 23.5. The molecule has 0 aromatic heterocycles. The van der Waals surface area contributed by atoms with Crippen molar-refractivity contribution < 1.29 is 27.5 Å². The molecular weight excluding hydrogens is 432 g/mol. The minimum Gasteiger partial charge on any atom is -0.495 e. The maximum atomic E-state index is 12.3. The third-order valence-corrected chi connectivity index (χ3v) is 5.69. The molecule has 1 amide bonds. The monoisotopic (exact) mass is 454 g/mol. The Kier molecular flexibility index (Phi) is 8.08. The summed E-state index contributed by atoms with van der Waals surface area (Å²) in [6.07, 6.45) is 1.39. The van der Waals surface area contributed by atoms with Crippen LogP contribution in [0, 0.1) is 0 Å². The number of methoxy groups -OCH3 is 2. The maximum Gasteiger partial charge on any atom is 0.337 e. The number of hydrogen-bond donors (Lipinski definition) is 1. The summed E-state index contributed by atoms with van der Waals surface area (Å²) in [5, 5.41) is 2.90. The highest BCUT2D eigenvalue weighted by atomic mass is 35.5. The smallest absolute Gasteiger partial charge is 0.337 e. The summed E-state index contributed by atoms with van der Waals surface area (Å²) in [6.45, 7) is 0.0859. The molecule has 0 spiro atoms. The van der Waals surface area contributed by atoms with Gasteiger partial charge in [0.1, 0.15) is 5.75 Å². The summed E-state index contributed by atoms with van der Waals surface area (Å²) >= 11 is 6.08. The zero-order chi connectivity index (χ0) is 22.3. The van der Waals surface area contributed by atoms with Crippen molar-refractivity contribution in [3.63, 3.8) is 0 Å². The number of sulfonamides is 1. The summed E-state index contributed by atoms with van der Waals surface area (Å²) in [6, 6.07) is 11.1. The predicted molar refractivity (Wildman–Crippen MR) is 116 cm³/mol. The molecule has 0 radical (unpaired) electrons. The van der Waals surface area contributed by atoms with E-state index in [0.29, 0.717) is 11.4 Å². The van der Waals surface area contributed by atoms with Gasteiger partial charge in [-0.1, -0.05) is 23.7 Å². The van der Waals surface area contributed by atoms with Crippen LogP contribution in [0.25, 0.3) is 0 Å². The van der Waals surface area contributed by atoms with Gasteiger partial charge in [0.15, 0.2) is 0 Å². The highest BCUT2D eigenvalue weighted by Crippen LogP contribution is 2.30. The number of amides is 1. The third-order valence-electron chi connectivity index (χ3n) is 4.18. The number of rotatable bonds is 9. The summed E-state index contributed by atoms with van der Waals surface area (Å²) in [7, 11) is -0.871. The van der Waals surface area contributed by atoms with E-state index in [4.69, 9.17) is 16.3 Å². The number of carbonyl (C=O) groups excluding carboxylic acids is 2. The van der Waals surface area contributed by atoms with Crippen molar-refractivity contribution in [2.75, 3.05) is 36.6 Å². The number of nitrogens with zero attached hydrogens (tertiary/aromatic N) is 1. The second-order valence-corrected chi connectivity index (χ2v) is 8.66. The topological polar surface area (TPSA) is 102 Å². The lowest BCUT2D eigenvalue weighted by Crippen LogP contribution is -2.31. The molecule has 0 atom stereocenters. The van der Waals surface area contributed by atoms with E-state index in [1.807, 2.05) is 0 Å². The Balaban J connectivity index is 2.06. The molecule has 0 fully saturated rings. The maximum absolute atomic E-state index is 12.3. The third kappa shape index (κ3) is 6.11. The summed E-state index contributed by atoms with van der Waals surface area (Å²) < 4.78 is 35.6. The number of benzene rings is 2. The van der Waals surface area contributed by atoms with Crippen LogP contribution in [-0.2, 0) is 19.6 Å². The van der Waals surface area contributed by atoms with Gasteiger partial charge in [-0.15, -0.1) is 0 Å². The Hall–Kier alpha value is -2.78. The molecule has 0 aliphatic carbocycles. The lowest BCUT2D eigenvalue weighted by atomic mass is 10.2. The number of halogens is 1. The van der Waals surface area contributed by atoms with Crippen molar-refractivity contribution in [3.8, 4) is 5.75 Å². The van der Waals surface area contributed by atoms with E-state index < -0.39 is 16.0 Å². The van der Waals surface area contributed by atoms with Crippen molar-refractivity contribution in [3.05, 3.63) is 53.1 Å². The van der Waals surface area contributed by atoms with Gasteiger partial charge in [-0.3, -0.25) is 9.10 Å². The zero-order valence-corrected chi connectivity index (χ0v) is 18.4. The Morgan fingerprint density at radius 1 is 1.13 bits per heavy atom. The standard InChI is InChI=1S/C20H23ClN2O6S/c1-28-18-8-5-4-7-17(18)23(30(3,26)27)12-6-9-19(24)22-16-13-14(20(25)29-2)10-11-15(16)21/h4-5,7-8,10-11,13H,6,9,12H2,1-3H3,(H,22,24). The largest absolute Gasteiger partial charge is 0.495 e. The van der Waals surface area contributed by atoms with E-state index in [2.05, 4.69) is 10.1 Å². The molecule has 0 heterocycles. The molecule has 30 heavy (non-hydrogen) atoms. The van der Waals surface area contributed by atoms with Crippen molar-refractivity contribution in [2.45, 2.75) is 12.8 Å². The molecule has 0 saturated heterocycles. The van der Waals surface area contributed by atoms with Crippen molar-refractivity contribution in [1.82, 2.24) is 0 Å². The predicted octanol–water partition coefficient (Wildman–Crippen LogP) is 3.32. The van der Waals surface area contributed by atoms with Gasteiger partial charge < -0.3 is 14.8 Å². The average molecular weight is 455 g/mol. The summed E-state index contributed by atoms with van der Waals surface area (Å²) in [5.74, 6) is -0.506. The van der Waals surface area contributed by atoms with E-state index in [1.165, 1.54) is 36.7 Å². The molecule has 162 valence electrons. The van der Waals surface area contributed by atoms with Crippen molar-refractivity contribution in [2.24, 2.45) is 0 Å². The number of anilines is 2. The Morgan fingerprint density at radius 2 is 1.83 bits per heavy atom. The number of carbonyl (C=O) groups is 2. The molecule has 8 nitrogen and oxygen atoms in total. The SMILES string of the molecule is COC(=O)c1ccc(Cl)c(NC(=O)CCCN(c2ccccc2OC)S(C)(=O)=O)c1. The van der Waals surface area contributed by atoms with Gasteiger partial charge in [-0.25, -0.2) is 13.2 Å². The highest BCUT2D eigenvalue weighted by molar-refractivity contribution is 7.92. The summed E-state index contributed by atoms with van der Waals surface area (Å²) in [5.41, 5.74) is 0.919. The molecule has 0 aliphatic heterocycles. The summed E-state index contributed by atoms with van der Waals surface area (Å²) in [4.78, 5) is 24.0. The van der Waals surface area contributed by atoms with Gasteiger partial charge in [-0.2, -0.15) is 0 Å². The minimum atomic E-state index is -3.58. The molecule has 0 aliphatic rings. The minimum absolute atomic E-state index is 0.0416. The van der Waals surface area contributed by atoms with Crippen LogP contribution in [0.4, 0.5) is 11.4 Å². The Morgan fingerprint density at radius 3 is 2.47 bits per heavy atom. The van der Waals surface area contributed by atoms with Crippen LogP contribution in [0.5, 0.6) is 5.75 Å². The lowest BCUT2D eigenvalue weighted by Gasteiger charge is -2.24. The number of para-hydroxylation sites is 2. The van der Waals surface area contributed by atoms with Crippen LogP contribution in [0.3, 0.4) is 0 Å². The molecule has 0 saturated carbocycles. The molecule has 0 unspecified atom stereocenters. The first-order valence-corrected chi connectivity index (χ1v) is 11.2. The molecule has 2 aromatic rings. The first-order valence-electron chi connectivity index (χ1n) is 8.95. The highest BCUT2D eigenvalue weighted by Gasteiger charge is 2.21. The van der Waals surface area contributed by atoms with Gasteiger partial charge in [0.05, 0.1) is 42.4 Å². The fraction of sp³-hybridized carbons (Fsp3) is 0.300. The van der Waals surface area contributed by atoms with Gasteiger partial charge >= 0.3 is 5.97 Å². The lowest BCUT2D eigenvalue weighted by molar-refractivity contribution is -0.116. The van der Waals surface area contributed by atoms with E-state index in [-0.39, 0.29) is 41.6 Å². The Bertz CT molecular complexity index is 1030. The number of esters is 1. The van der Waals surface area contributed by atoms with Crippen LogP contribution in [0.1, 0.15) is 23.2 Å². The van der Waals surface area contributed by atoms with Crippen molar-refractivity contribution >= 4 is 44.9 Å². The fourth-order valence-electron chi connectivity index (χ4n) is 2.76. The quantitative estimate of drug-likeness (QED) is 0.583. The number of hydrogen-bond acceptors (Lipinski definition) is 6. The second-order valence-electron chi connectivity index (χ2n) is 6.34. The van der Waals surface area contributed by atoms with Crippen molar-refractivity contribution in [1.29, 1.82) is 0 Å². The van der Waals surface area contributed by atoms with E-state index in [9.17, 15) is 18.0 Å². The van der Waals surface area contributed by atoms with Crippen LogP contribution in [0.15, 0.2) is 42.5 Å². The van der Waals surface area contributed by atoms with Crippen LogP contribution < -0.4 is 14.4 Å². The Labute approximate surface area is 180 Å².